The summed E-state index contributed by atoms with van der Waals surface area (Å²) in [6.45, 7) is 8.89. The zero-order valence-corrected chi connectivity index (χ0v) is 12.8. The second kappa shape index (κ2) is 5.56. The predicted molar refractivity (Wildman–Crippen MR) is 82.5 cm³/mol. The van der Waals surface area contributed by atoms with Crippen LogP contribution < -0.4 is 10.2 Å². The summed E-state index contributed by atoms with van der Waals surface area (Å²) in [6.07, 6.45) is 2.49. The Morgan fingerprint density at radius 1 is 1.15 bits per heavy atom. The van der Waals surface area contributed by atoms with E-state index in [-0.39, 0.29) is 0 Å². The monoisotopic (exact) mass is 275 g/mol. The maximum atomic E-state index is 4.79. The number of rotatable bonds is 4. The molecular weight excluding hydrogens is 250 g/mol. The molecule has 1 aliphatic carbocycles. The highest BCUT2D eigenvalue weighted by atomic mass is 15.3. The molecule has 2 heterocycles. The Kier molecular flexibility index (Phi) is 3.78. The molecule has 0 radical (unpaired) electrons. The van der Waals surface area contributed by atoms with Gasteiger partial charge >= 0.3 is 0 Å². The van der Waals surface area contributed by atoms with Crippen molar-refractivity contribution in [3.63, 3.8) is 0 Å². The van der Waals surface area contributed by atoms with Gasteiger partial charge < -0.3 is 10.2 Å². The smallest absolute Gasteiger partial charge is 0.136 e. The van der Waals surface area contributed by atoms with Crippen molar-refractivity contribution in [2.24, 2.45) is 0 Å². The van der Waals surface area contributed by atoms with Crippen molar-refractivity contribution in [1.29, 1.82) is 0 Å². The lowest BCUT2D eigenvalue weighted by Gasteiger charge is -2.37. The largest absolute Gasteiger partial charge is 0.373 e. The van der Waals surface area contributed by atoms with Gasteiger partial charge in [0.1, 0.15) is 17.5 Å². The van der Waals surface area contributed by atoms with E-state index in [1.165, 1.54) is 12.8 Å². The summed E-state index contributed by atoms with van der Waals surface area (Å²) in [5, 5.41) is 3.17. The van der Waals surface area contributed by atoms with Crippen LogP contribution in [-0.2, 0) is 0 Å². The number of nitrogens with zero attached hydrogens (tertiary/aromatic N) is 4. The molecule has 1 aliphatic heterocycles. The van der Waals surface area contributed by atoms with Gasteiger partial charge in [-0.15, -0.1) is 0 Å². The van der Waals surface area contributed by atoms with Crippen LogP contribution in [0, 0.1) is 0 Å². The third kappa shape index (κ3) is 2.87. The molecule has 0 unspecified atom stereocenters. The van der Waals surface area contributed by atoms with Crippen LogP contribution in [0.3, 0.4) is 0 Å². The number of hydrogen-bond acceptors (Lipinski definition) is 5. The quantitative estimate of drug-likeness (QED) is 0.909. The lowest BCUT2D eigenvalue weighted by molar-refractivity contribution is 0.209. The first-order valence-corrected chi connectivity index (χ1v) is 7.73. The van der Waals surface area contributed by atoms with Gasteiger partial charge in [-0.1, -0.05) is 0 Å². The van der Waals surface area contributed by atoms with Crippen LogP contribution in [0.4, 0.5) is 11.6 Å². The Morgan fingerprint density at radius 2 is 1.85 bits per heavy atom. The van der Waals surface area contributed by atoms with E-state index in [1.807, 2.05) is 7.05 Å². The van der Waals surface area contributed by atoms with Gasteiger partial charge in [-0.25, -0.2) is 9.97 Å². The zero-order chi connectivity index (χ0) is 14.1. The Balaban J connectivity index is 1.75. The van der Waals surface area contributed by atoms with Crippen LogP contribution >= 0.6 is 0 Å². The minimum Gasteiger partial charge on any atom is -0.373 e. The Morgan fingerprint density at radius 3 is 2.40 bits per heavy atom. The van der Waals surface area contributed by atoms with Crippen molar-refractivity contribution in [2.75, 3.05) is 43.4 Å². The summed E-state index contributed by atoms with van der Waals surface area (Å²) in [7, 11) is 1.93. The fraction of sp³-hybridized carbons (Fsp3) is 0.733. The van der Waals surface area contributed by atoms with Gasteiger partial charge in [0.05, 0.1) is 0 Å². The van der Waals surface area contributed by atoms with Gasteiger partial charge in [0, 0.05) is 51.3 Å². The van der Waals surface area contributed by atoms with E-state index < -0.39 is 0 Å². The first-order chi connectivity index (χ1) is 9.67. The molecule has 3 rings (SSSR count). The summed E-state index contributed by atoms with van der Waals surface area (Å²) in [6, 6.07) is 2.72. The van der Waals surface area contributed by atoms with Gasteiger partial charge in [0.2, 0.25) is 0 Å². The molecule has 0 atom stereocenters. The van der Waals surface area contributed by atoms with Crippen LogP contribution in [0.25, 0.3) is 0 Å². The second-order valence-electron chi connectivity index (χ2n) is 6.11. The molecule has 0 bridgehead atoms. The molecule has 2 fully saturated rings. The molecule has 0 spiro atoms. The van der Waals surface area contributed by atoms with Gasteiger partial charge in [0.25, 0.3) is 0 Å². The van der Waals surface area contributed by atoms with Crippen LogP contribution in [0.1, 0.15) is 38.4 Å². The molecule has 0 amide bonds. The number of nitrogens with one attached hydrogen (secondary N) is 1. The van der Waals surface area contributed by atoms with Gasteiger partial charge in [-0.2, -0.15) is 0 Å². The van der Waals surface area contributed by atoms with Crippen LogP contribution in [0.5, 0.6) is 0 Å². The molecule has 1 saturated heterocycles. The summed E-state index contributed by atoms with van der Waals surface area (Å²) in [5.41, 5.74) is 0. The minimum atomic E-state index is 0.596. The van der Waals surface area contributed by atoms with E-state index in [0.29, 0.717) is 12.0 Å². The van der Waals surface area contributed by atoms with Crippen molar-refractivity contribution in [3.05, 3.63) is 11.9 Å². The molecule has 0 aromatic carbocycles. The number of hydrogen-bond donors (Lipinski definition) is 1. The van der Waals surface area contributed by atoms with Crippen LogP contribution in [0.15, 0.2) is 6.07 Å². The number of piperazine rings is 1. The topological polar surface area (TPSA) is 44.3 Å². The lowest BCUT2D eigenvalue weighted by atomic mass is 10.2. The lowest BCUT2D eigenvalue weighted by Crippen LogP contribution is -2.49. The Labute approximate surface area is 121 Å². The molecule has 2 aliphatic rings. The number of aromatic nitrogens is 2. The summed E-state index contributed by atoms with van der Waals surface area (Å²) in [4.78, 5) is 14.3. The minimum absolute atomic E-state index is 0.596. The van der Waals surface area contributed by atoms with E-state index in [4.69, 9.17) is 4.98 Å². The third-order valence-electron chi connectivity index (χ3n) is 4.30. The van der Waals surface area contributed by atoms with E-state index >= 15 is 0 Å². The second-order valence-corrected chi connectivity index (χ2v) is 6.11. The third-order valence-corrected chi connectivity index (χ3v) is 4.30. The summed E-state index contributed by atoms with van der Waals surface area (Å²) >= 11 is 0. The first kappa shape index (κ1) is 13.6. The average molecular weight is 275 g/mol. The molecule has 1 aromatic rings. The molecule has 1 saturated carbocycles. The van der Waals surface area contributed by atoms with Crippen molar-refractivity contribution in [2.45, 2.75) is 38.6 Å². The average Bonchev–Trinajstić information content (AvgIpc) is 3.31. The fourth-order valence-electron chi connectivity index (χ4n) is 2.73. The molecular formula is C15H25N5. The normalized spacial score (nSPS) is 20.5. The maximum Gasteiger partial charge on any atom is 0.136 e. The van der Waals surface area contributed by atoms with Crippen molar-refractivity contribution in [1.82, 2.24) is 14.9 Å². The van der Waals surface area contributed by atoms with Crippen molar-refractivity contribution in [3.8, 4) is 0 Å². The van der Waals surface area contributed by atoms with Gasteiger partial charge in [-0.3, -0.25) is 4.90 Å². The first-order valence-electron chi connectivity index (χ1n) is 7.73. The molecule has 5 nitrogen and oxygen atoms in total. The Hall–Kier alpha value is -1.36. The van der Waals surface area contributed by atoms with Gasteiger partial charge in [-0.05, 0) is 26.7 Å². The fourth-order valence-corrected chi connectivity index (χ4v) is 2.73. The van der Waals surface area contributed by atoms with E-state index in [0.717, 1.165) is 43.6 Å². The van der Waals surface area contributed by atoms with Crippen LogP contribution in [0.2, 0.25) is 0 Å². The molecule has 1 N–H and O–H groups in total. The Bertz CT molecular complexity index is 461. The summed E-state index contributed by atoms with van der Waals surface area (Å²) < 4.78 is 0. The highest BCUT2D eigenvalue weighted by Crippen LogP contribution is 2.39. The molecule has 5 heteroatoms. The van der Waals surface area contributed by atoms with Crippen molar-refractivity contribution >= 4 is 11.6 Å². The highest BCUT2D eigenvalue weighted by Gasteiger charge is 2.28. The predicted octanol–water partition coefficient (Wildman–Crippen LogP) is 1.93. The standard InChI is InChI=1S/C15H25N5/c1-11(2)19-6-8-20(9-7-19)14-10-13(16-3)17-15(18-14)12-4-5-12/h10-12H,4-9H2,1-3H3,(H,16,17,18). The van der Waals surface area contributed by atoms with E-state index in [1.54, 1.807) is 0 Å². The highest BCUT2D eigenvalue weighted by molar-refractivity contribution is 5.50. The summed E-state index contributed by atoms with van der Waals surface area (Å²) in [5.74, 6) is 3.66. The van der Waals surface area contributed by atoms with E-state index in [2.05, 4.69) is 40.0 Å². The molecule has 110 valence electrons. The maximum absolute atomic E-state index is 4.79. The number of anilines is 2. The SMILES string of the molecule is CNc1cc(N2CCN(C(C)C)CC2)nc(C2CC2)n1. The molecule has 20 heavy (non-hydrogen) atoms. The van der Waals surface area contributed by atoms with Crippen LogP contribution in [-0.4, -0.2) is 54.1 Å². The molecule has 1 aromatic heterocycles. The van der Waals surface area contributed by atoms with E-state index in [9.17, 15) is 0 Å². The zero-order valence-electron chi connectivity index (χ0n) is 12.8. The van der Waals surface area contributed by atoms with Gasteiger partial charge in [0.15, 0.2) is 0 Å². The van der Waals surface area contributed by atoms with Crippen molar-refractivity contribution < 1.29 is 0 Å².